The van der Waals surface area contributed by atoms with Crippen LogP contribution < -0.4 is 11.1 Å². The lowest BCUT2D eigenvalue weighted by molar-refractivity contribution is -0.117. The third-order valence-corrected chi connectivity index (χ3v) is 2.90. The molecule has 1 aromatic carbocycles. The van der Waals surface area contributed by atoms with Gasteiger partial charge in [0, 0.05) is 18.3 Å². The average Bonchev–Trinajstić information content (AvgIpc) is 2.32. The lowest BCUT2D eigenvalue weighted by atomic mass is 10.1. The Balaban J connectivity index is 2.05. The molecular formula is C13H18N2O2. The summed E-state index contributed by atoms with van der Waals surface area (Å²) in [4.78, 5) is 11.0. The maximum atomic E-state index is 11.0. The predicted molar refractivity (Wildman–Crippen MR) is 66.8 cm³/mol. The maximum Gasteiger partial charge on any atom is 0.221 e. The van der Waals surface area contributed by atoms with Crippen LogP contribution in [0.15, 0.2) is 24.3 Å². The number of nitrogens with one attached hydrogen (secondary N) is 1. The fraction of sp³-hybridized carbons (Fsp3) is 0.462. The van der Waals surface area contributed by atoms with E-state index < -0.39 is 0 Å². The summed E-state index contributed by atoms with van der Waals surface area (Å²) in [6.07, 6.45) is 2.46. The number of hydrogen-bond donors (Lipinski definition) is 2. The topological polar surface area (TPSA) is 64.4 Å². The Morgan fingerprint density at radius 3 is 3.00 bits per heavy atom. The SMILES string of the molecule is NC(=O)Cc1ccccc1NC1CCCOC1. The standard InChI is InChI=1S/C13H18N2O2/c14-13(16)8-10-4-1-2-6-12(10)15-11-5-3-7-17-9-11/h1-2,4,6,11,15H,3,5,7-9H2,(H2,14,16). The van der Waals surface area contributed by atoms with Crippen molar-refractivity contribution in [3.8, 4) is 0 Å². The molecule has 1 saturated heterocycles. The number of ether oxygens (including phenoxy) is 1. The van der Waals surface area contributed by atoms with E-state index in [0.717, 1.165) is 37.3 Å². The number of carbonyl (C=O) groups excluding carboxylic acids is 1. The van der Waals surface area contributed by atoms with Gasteiger partial charge in [-0.05, 0) is 24.5 Å². The Morgan fingerprint density at radius 1 is 1.47 bits per heavy atom. The van der Waals surface area contributed by atoms with Gasteiger partial charge in [0.05, 0.1) is 13.0 Å². The number of amides is 1. The Hall–Kier alpha value is -1.55. The molecule has 1 aromatic rings. The van der Waals surface area contributed by atoms with Crippen molar-refractivity contribution in [2.75, 3.05) is 18.5 Å². The molecule has 17 heavy (non-hydrogen) atoms. The Kier molecular flexibility index (Phi) is 3.98. The van der Waals surface area contributed by atoms with Crippen molar-refractivity contribution in [1.29, 1.82) is 0 Å². The van der Waals surface area contributed by atoms with Crippen molar-refractivity contribution in [2.24, 2.45) is 5.73 Å². The van der Waals surface area contributed by atoms with Crippen LogP contribution in [-0.2, 0) is 16.0 Å². The van der Waals surface area contributed by atoms with Crippen LogP contribution in [0.1, 0.15) is 18.4 Å². The summed E-state index contributed by atoms with van der Waals surface area (Å²) in [7, 11) is 0. The fourth-order valence-corrected chi connectivity index (χ4v) is 2.08. The van der Waals surface area contributed by atoms with E-state index >= 15 is 0 Å². The number of nitrogens with two attached hydrogens (primary N) is 1. The number of carbonyl (C=O) groups is 1. The monoisotopic (exact) mass is 234 g/mol. The molecule has 1 heterocycles. The van der Waals surface area contributed by atoms with E-state index in [2.05, 4.69) is 5.32 Å². The quantitative estimate of drug-likeness (QED) is 0.825. The summed E-state index contributed by atoms with van der Waals surface area (Å²) in [5.41, 5.74) is 7.17. The van der Waals surface area contributed by atoms with Gasteiger partial charge in [-0.25, -0.2) is 0 Å². The van der Waals surface area contributed by atoms with E-state index in [1.165, 1.54) is 0 Å². The van der Waals surface area contributed by atoms with Gasteiger partial charge in [-0.3, -0.25) is 4.79 Å². The van der Waals surface area contributed by atoms with Crippen LogP contribution in [0.5, 0.6) is 0 Å². The fourth-order valence-electron chi connectivity index (χ4n) is 2.08. The molecule has 1 aliphatic rings. The van der Waals surface area contributed by atoms with Crippen LogP contribution in [0, 0.1) is 0 Å². The summed E-state index contributed by atoms with van der Waals surface area (Å²) in [5.74, 6) is -0.306. The molecule has 2 rings (SSSR count). The number of rotatable bonds is 4. The Morgan fingerprint density at radius 2 is 2.29 bits per heavy atom. The van der Waals surface area contributed by atoms with Gasteiger partial charge < -0.3 is 15.8 Å². The molecule has 4 heteroatoms. The smallest absolute Gasteiger partial charge is 0.221 e. The van der Waals surface area contributed by atoms with E-state index in [-0.39, 0.29) is 12.3 Å². The summed E-state index contributed by atoms with van der Waals surface area (Å²) in [6.45, 7) is 1.58. The molecule has 1 atom stereocenters. The van der Waals surface area contributed by atoms with Crippen LogP contribution in [0.2, 0.25) is 0 Å². The summed E-state index contributed by atoms with van der Waals surface area (Å²) >= 11 is 0. The minimum Gasteiger partial charge on any atom is -0.380 e. The van der Waals surface area contributed by atoms with E-state index in [1.54, 1.807) is 0 Å². The van der Waals surface area contributed by atoms with Crippen molar-refractivity contribution >= 4 is 11.6 Å². The lowest BCUT2D eigenvalue weighted by Crippen LogP contribution is -2.30. The second-order valence-corrected chi connectivity index (χ2v) is 4.36. The Labute approximate surface area is 101 Å². The Bertz CT molecular complexity index is 387. The molecule has 1 unspecified atom stereocenters. The molecule has 0 spiro atoms. The number of para-hydroxylation sites is 1. The van der Waals surface area contributed by atoms with Gasteiger partial charge >= 0.3 is 0 Å². The highest BCUT2D eigenvalue weighted by Gasteiger charge is 2.15. The molecule has 0 aromatic heterocycles. The largest absolute Gasteiger partial charge is 0.380 e. The van der Waals surface area contributed by atoms with Crippen molar-refractivity contribution < 1.29 is 9.53 Å². The second kappa shape index (κ2) is 5.68. The number of anilines is 1. The number of benzene rings is 1. The van der Waals surface area contributed by atoms with Crippen LogP contribution in [-0.4, -0.2) is 25.2 Å². The van der Waals surface area contributed by atoms with E-state index in [0.29, 0.717) is 6.04 Å². The first kappa shape index (κ1) is 11.9. The molecule has 0 bridgehead atoms. The molecular weight excluding hydrogens is 216 g/mol. The lowest BCUT2D eigenvalue weighted by Gasteiger charge is -2.25. The van der Waals surface area contributed by atoms with Crippen molar-refractivity contribution in [3.05, 3.63) is 29.8 Å². The van der Waals surface area contributed by atoms with Crippen LogP contribution in [0.3, 0.4) is 0 Å². The molecule has 0 saturated carbocycles. The zero-order chi connectivity index (χ0) is 12.1. The predicted octanol–water partition coefficient (Wildman–Crippen LogP) is 1.31. The van der Waals surface area contributed by atoms with Gasteiger partial charge in [0.25, 0.3) is 0 Å². The van der Waals surface area contributed by atoms with Gasteiger partial charge in [-0.15, -0.1) is 0 Å². The van der Waals surface area contributed by atoms with Gasteiger partial charge in [-0.1, -0.05) is 18.2 Å². The van der Waals surface area contributed by atoms with Crippen LogP contribution in [0.4, 0.5) is 5.69 Å². The van der Waals surface area contributed by atoms with E-state index in [9.17, 15) is 4.79 Å². The third kappa shape index (κ3) is 3.46. The maximum absolute atomic E-state index is 11.0. The summed E-state index contributed by atoms with van der Waals surface area (Å²) in [6, 6.07) is 8.11. The highest BCUT2D eigenvalue weighted by molar-refractivity contribution is 5.78. The number of primary amides is 1. The van der Waals surface area contributed by atoms with Crippen LogP contribution in [0.25, 0.3) is 0 Å². The van der Waals surface area contributed by atoms with Gasteiger partial charge in [0.15, 0.2) is 0 Å². The summed E-state index contributed by atoms with van der Waals surface area (Å²) in [5, 5.41) is 3.42. The molecule has 3 N–H and O–H groups in total. The van der Waals surface area contributed by atoms with Gasteiger partial charge in [0.1, 0.15) is 0 Å². The van der Waals surface area contributed by atoms with Crippen LogP contribution >= 0.6 is 0 Å². The molecule has 92 valence electrons. The zero-order valence-corrected chi connectivity index (χ0v) is 9.82. The normalized spacial score (nSPS) is 19.9. The van der Waals surface area contributed by atoms with E-state index in [4.69, 9.17) is 10.5 Å². The van der Waals surface area contributed by atoms with Crippen molar-refractivity contribution in [3.63, 3.8) is 0 Å². The molecule has 1 aliphatic heterocycles. The van der Waals surface area contributed by atoms with Crippen molar-refractivity contribution in [1.82, 2.24) is 0 Å². The first-order valence-electron chi connectivity index (χ1n) is 5.96. The molecule has 0 radical (unpaired) electrons. The molecule has 1 fully saturated rings. The molecule has 0 aliphatic carbocycles. The first-order valence-corrected chi connectivity index (χ1v) is 5.96. The minimum absolute atomic E-state index is 0.275. The van der Waals surface area contributed by atoms with Crippen molar-refractivity contribution in [2.45, 2.75) is 25.3 Å². The number of hydrogen-bond acceptors (Lipinski definition) is 3. The average molecular weight is 234 g/mol. The minimum atomic E-state index is -0.306. The highest BCUT2D eigenvalue weighted by atomic mass is 16.5. The zero-order valence-electron chi connectivity index (χ0n) is 9.82. The molecule has 4 nitrogen and oxygen atoms in total. The first-order chi connectivity index (χ1) is 8.25. The third-order valence-electron chi connectivity index (χ3n) is 2.90. The second-order valence-electron chi connectivity index (χ2n) is 4.36. The summed E-state index contributed by atoms with van der Waals surface area (Å²) < 4.78 is 5.42. The van der Waals surface area contributed by atoms with Gasteiger partial charge in [0.2, 0.25) is 5.91 Å². The highest BCUT2D eigenvalue weighted by Crippen LogP contribution is 2.19. The van der Waals surface area contributed by atoms with Gasteiger partial charge in [-0.2, -0.15) is 0 Å². The van der Waals surface area contributed by atoms with E-state index in [1.807, 2.05) is 24.3 Å². The molecule has 1 amide bonds.